The maximum Gasteiger partial charge on any atom is 0.0475 e. The molecule has 0 saturated carbocycles. The van der Waals surface area contributed by atoms with E-state index < -0.39 is 0 Å². The Morgan fingerprint density at radius 1 is 1.00 bits per heavy atom. The summed E-state index contributed by atoms with van der Waals surface area (Å²) in [5, 5.41) is 0. The number of rotatable bonds is 4. The van der Waals surface area contributed by atoms with E-state index in [0.717, 1.165) is 38.3 Å². The molecule has 116 valence electrons. The minimum atomic E-state index is 0.494. The van der Waals surface area contributed by atoms with Crippen molar-refractivity contribution in [2.45, 2.75) is 12.5 Å². The normalized spacial score (nSPS) is 20.1. The molecule has 2 aromatic rings. The smallest absolute Gasteiger partial charge is 0.0475 e. The van der Waals surface area contributed by atoms with Crippen LogP contribution in [0.3, 0.4) is 0 Å². The monoisotopic (exact) mass is 295 g/mol. The molecule has 1 atom stereocenters. The standard InChI is InChI=1S/C19H25N3/c1-21-13-14-22(12-11-16-7-9-18(20)10-8-16)19(15-21)17-5-3-2-4-6-17/h2-10,19H,11-15,20H2,1H3. The van der Waals surface area contributed by atoms with Crippen molar-refractivity contribution in [2.75, 3.05) is 39.0 Å². The van der Waals surface area contributed by atoms with E-state index in [0.29, 0.717) is 6.04 Å². The van der Waals surface area contributed by atoms with E-state index in [1.165, 1.54) is 11.1 Å². The first-order valence-electron chi connectivity index (χ1n) is 8.04. The molecule has 1 heterocycles. The highest BCUT2D eigenvalue weighted by molar-refractivity contribution is 5.39. The number of nitrogens with two attached hydrogens (primary N) is 1. The fourth-order valence-electron chi connectivity index (χ4n) is 3.17. The lowest BCUT2D eigenvalue weighted by molar-refractivity contribution is 0.0910. The van der Waals surface area contributed by atoms with E-state index >= 15 is 0 Å². The summed E-state index contributed by atoms with van der Waals surface area (Å²) in [6.45, 7) is 4.47. The van der Waals surface area contributed by atoms with E-state index in [1.54, 1.807) is 0 Å². The summed E-state index contributed by atoms with van der Waals surface area (Å²) < 4.78 is 0. The molecular weight excluding hydrogens is 270 g/mol. The van der Waals surface area contributed by atoms with Gasteiger partial charge in [-0.1, -0.05) is 42.5 Å². The molecule has 2 aromatic carbocycles. The molecule has 0 spiro atoms. The van der Waals surface area contributed by atoms with Crippen molar-refractivity contribution in [3.8, 4) is 0 Å². The number of nitrogen functional groups attached to an aromatic ring is 1. The number of anilines is 1. The highest BCUT2D eigenvalue weighted by atomic mass is 15.3. The zero-order valence-corrected chi connectivity index (χ0v) is 13.3. The Kier molecular flexibility index (Phi) is 4.76. The third-order valence-electron chi connectivity index (χ3n) is 4.55. The van der Waals surface area contributed by atoms with Crippen molar-refractivity contribution >= 4 is 5.69 Å². The molecule has 3 heteroatoms. The van der Waals surface area contributed by atoms with Gasteiger partial charge in [0.05, 0.1) is 0 Å². The van der Waals surface area contributed by atoms with Crippen LogP contribution in [0.5, 0.6) is 0 Å². The van der Waals surface area contributed by atoms with E-state index in [4.69, 9.17) is 5.73 Å². The number of hydrogen-bond donors (Lipinski definition) is 1. The largest absolute Gasteiger partial charge is 0.399 e. The van der Waals surface area contributed by atoms with Gasteiger partial charge in [0.25, 0.3) is 0 Å². The van der Waals surface area contributed by atoms with Gasteiger partial charge in [-0.3, -0.25) is 4.90 Å². The summed E-state index contributed by atoms with van der Waals surface area (Å²) in [5.41, 5.74) is 9.39. The molecular formula is C19H25N3. The molecule has 1 saturated heterocycles. The van der Waals surface area contributed by atoms with Gasteiger partial charge in [-0.25, -0.2) is 0 Å². The van der Waals surface area contributed by atoms with Crippen molar-refractivity contribution in [3.05, 3.63) is 65.7 Å². The van der Waals surface area contributed by atoms with Crippen LogP contribution in [-0.2, 0) is 6.42 Å². The molecule has 2 N–H and O–H groups in total. The molecule has 3 rings (SSSR count). The first-order chi connectivity index (χ1) is 10.7. The second kappa shape index (κ2) is 6.95. The Hall–Kier alpha value is -1.84. The number of piperazine rings is 1. The average molecular weight is 295 g/mol. The van der Waals surface area contributed by atoms with E-state index in [9.17, 15) is 0 Å². The summed E-state index contributed by atoms with van der Waals surface area (Å²) in [4.78, 5) is 5.04. The van der Waals surface area contributed by atoms with Gasteiger partial charge in [0, 0.05) is 37.9 Å². The molecule has 3 nitrogen and oxygen atoms in total. The molecule has 0 amide bonds. The molecule has 1 unspecified atom stereocenters. The SMILES string of the molecule is CN1CCN(CCc2ccc(N)cc2)C(c2ccccc2)C1. The van der Waals surface area contributed by atoms with Crippen molar-refractivity contribution < 1.29 is 0 Å². The van der Waals surface area contributed by atoms with Crippen LogP contribution in [0.25, 0.3) is 0 Å². The van der Waals surface area contributed by atoms with Crippen molar-refractivity contribution in [1.82, 2.24) is 9.80 Å². The lowest BCUT2D eigenvalue weighted by atomic mass is 10.0. The predicted octanol–water partition coefficient (Wildman–Crippen LogP) is 2.80. The van der Waals surface area contributed by atoms with Gasteiger partial charge in [0.15, 0.2) is 0 Å². The highest BCUT2D eigenvalue weighted by Crippen LogP contribution is 2.25. The van der Waals surface area contributed by atoms with Gasteiger partial charge in [-0.05, 0) is 36.7 Å². The maximum absolute atomic E-state index is 5.76. The Morgan fingerprint density at radius 3 is 2.45 bits per heavy atom. The zero-order valence-electron chi connectivity index (χ0n) is 13.3. The minimum Gasteiger partial charge on any atom is -0.399 e. The number of likely N-dealkylation sites (N-methyl/N-ethyl adjacent to an activating group) is 1. The average Bonchev–Trinajstić information content (AvgIpc) is 2.56. The lowest BCUT2D eigenvalue weighted by Crippen LogP contribution is -2.47. The molecule has 1 aliphatic heterocycles. The van der Waals surface area contributed by atoms with Gasteiger partial charge in [-0.15, -0.1) is 0 Å². The zero-order chi connectivity index (χ0) is 15.4. The summed E-state index contributed by atoms with van der Waals surface area (Å²) in [7, 11) is 2.22. The van der Waals surface area contributed by atoms with Gasteiger partial charge < -0.3 is 10.6 Å². The first-order valence-corrected chi connectivity index (χ1v) is 8.04. The van der Waals surface area contributed by atoms with Gasteiger partial charge in [-0.2, -0.15) is 0 Å². The quantitative estimate of drug-likeness (QED) is 0.880. The number of benzene rings is 2. The van der Waals surface area contributed by atoms with Crippen molar-refractivity contribution in [2.24, 2.45) is 0 Å². The molecule has 1 fully saturated rings. The Balaban J connectivity index is 1.68. The molecule has 0 radical (unpaired) electrons. The highest BCUT2D eigenvalue weighted by Gasteiger charge is 2.25. The van der Waals surface area contributed by atoms with Crippen LogP contribution in [0.2, 0.25) is 0 Å². The third kappa shape index (κ3) is 3.67. The van der Waals surface area contributed by atoms with Crippen LogP contribution in [0, 0.1) is 0 Å². The third-order valence-corrected chi connectivity index (χ3v) is 4.55. The van der Waals surface area contributed by atoms with Crippen LogP contribution in [0.1, 0.15) is 17.2 Å². The van der Waals surface area contributed by atoms with E-state index in [2.05, 4.69) is 59.3 Å². The number of nitrogens with zero attached hydrogens (tertiary/aromatic N) is 2. The maximum atomic E-state index is 5.76. The van der Waals surface area contributed by atoms with Crippen LogP contribution in [0.15, 0.2) is 54.6 Å². The fourth-order valence-corrected chi connectivity index (χ4v) is 3.17. The van der Waals surface area contributed by atoms with E-state index in [-0.39, 0.29) is 0 Å². The predicted molar refractivity (Wildman–Crippen MR) is 92.8 cm³/mol. The molecule has 0 aromatic heterocycles. The minimum absolute atomic E-state index is 0.494. The van der Waals surface area contributed by atoms with Gasteiger partial charge >= 0.3 is 0 Å². The summed E-state index contributed by atoms with van der Waals surface area (Å²) in [5.74, 6) is 0. The first kappa shape index (κ1) is 15.1. The second-order valence-corrected chi connectivity index (χ2v) is 6.22. The topological polar surface area (TPSA) is 32.5 Å². The Labute approximate surface area is 133 Å². The Bertz CT molecular complexity index is 579. The summed E-state index contributed by atoms with van der Waals surface area (Å²) in [6, 6.07) is 19.6. The van der Waals surface area contributed by atoms with E-state index in [1.807, 2.05) is 12.1 Å². The number of hydrogen-bond acceptors (Lipinski definition) is 3. The van der Waals surface area contributed by atoms with Crippen LogP contribution < -0.4 is 5.73 Å². The van der Waals surface area contributed by atoms with Gasteiger partial charge in [0.1, 0.15) is 0 Å². The Morgan fingerprint density at radius 2 is 1.73 bits per heavy atom. The fraction of sp³-hybridized carbons (Fsp3) is 0.368. The van der Waals surface area contributed by atoms with Crippen molar-refractivity contribution in [1.29, 1.82) is 0 Å². The molecule has 22 heavy (non-hydrogen) atoms. The van der Waals surface area contributed by atoms with Crippen LogP contribution in [0.4, 0.5) is 5.69 Å². The molecule has 1 aliphatic rings. The summed E-state index contributed by atoms with van der Waals surface area (Å²) >= 11 is 0. The van der Waals surface area contributed by atoms with Gasteiger partial charge in [0.2, 0.25) is 0 Å². The van der Waals surface area contributed by atoms with Crippen LogP contribution >= 0.6 is 0 Å². The summed E-state index contributed by atoms with van der Waals surface area (Å²) in [6.07, 6.45) is 1.08. The van der Waals surface area contributed by atoms with Crippen LogP contribution in [-0.4, -0.2) is 43.0 Å². The lowest BCUT2D eigenvalue weighted by Gasteiger charge is -2.40. The molecule has 0 bridgehead atoms. The second-order valence-electron chi connectivity index (χ2n) is 6.22. The van der Waals surface area contributed by atoms with Crippen molar-refractivity contribution in [3.63, 3.8) is 0 Å². The molecule has 0 aliphatic carbocycles.